The minimum atomic E-state index is -3.63. The number of benzene rings is 1. The first-order valence-electron chi connectivity index (χ1n) is 12.3. The van der Waals surface area contributed by atoms with E-state index in [9.17, 15) is 13.2 Å². The van der Waals surface area contributed by atoms with Crippen LogP contribution in [0.15, 0.2) is 53.9 Å². The highest BCUT2D eigenvalue weighted by Crippen LogP contribution is 2.22. The van der Waals surface area contributed by atoms with Crippen molar-refractivity contribution >= 4 is 16.1 Å². The molecule has 0 fully saturated rings. The molecule has 0 saturated heterocycles. The van der Waals surface area contributed by atoms with E-state index in [0.717, 1.165) is 17.2 Å². The number of H-pyrrole nitrogens is 2. The van der Waals surface area contributed by atoms with Crippen LogP contribution < -0.4 is 10.0 Å². The Labute approximate surface area is 218 Å². The van der Waals surface area contributed by atoms with E-state index < -0.39 is 21.7 Å². The van der Waals surface area contributed by atoms with Crippen molar-refractivity contribution in [2.75, 3.05) is 13.1 Å². The largest absolute Gasteiger partial charge is 0.444 e. The molecular weight excluding hydrogens is 494 g/mol. The van der Waals surface area contributed by atoms with Gasteiger partial charge in [0, 0.05) is 44.4 Å². The molecule has 0 bridgehead atoms. The third-order valence-electron chi connectivity index (χ3n) is 5.55. The number of imidazole rings is 2. The van der Waals surface area contributed by atoms with Gasteiger partial charge >= 0.3 is 6.09 Å². The van der Waals surface area contributed by atoms with Crippen molar-refractivity contribution in [3.63, 3.8) is 0 Å². The Kier molecular flexibility index (Phi) is 9.84. The average molecular weight is 532 g/mol. The molecule has 4 N–H and O–H groups in total. The standard InChI is InChI=1S/C25H37N7O4S/c1-19(23-28-15-16-29-23)32(18-22-26-13-14-27-22)17-20-7-9-21(10-8-20)37(34,35)31-12-6-5-11-30-24(33)36-25(2,3)4/h7-10,13-16,19,31H,5-6,11-12,17-18H2,1-4H3,(H,26,27)(H,28,29)(H,30,33). The van der Waals surface area contributed by atoms with Crippen LogP contribution in [0.25, 0.3) is 0 Å². The van der Waals surface area contributed by atoms with Crippen LogP contribution in [-0.4, -0.2) is 58.0 Å². The summed E-state index contributed by atoms with van der Waals surface area (Å²) in [6.07, 6.45) is 7.75. The van der Waals surface area contributed by atoms with E-state index in [1.54, 1.807) is 57.7 Å². The van der Waals surface area contributed by atoms with Gasteiger partial charge in [0.05, 0.1) is 17.5 Å². The van der Waals surface area contributed by atoms with E-state index in [1.807, 2.05) is 12.1 Å². The van der Waals surface area contributed by atoms with Gasteiger partial charge in [0.25, 0.3) is 0 Å². The first-order chi connectivity index (χ1) is 17.5. The SMILES string of the molecule is CC(c1ncc[nH]1)N(Cc1ccc(S(=O)(=O)NCCCCNC(=O)OC(C)(C)C)cc1)Cc1ncc[nH]1. The van der Waals surface area contributed by atoms with E-state index in [-0.39, 0.29) is 17.5 Å². The molecule has 0 aliphatic heterocycles. The normalized spacial score (nSPS) is 13.0. The Morgan fingerprint density at radius 2 is 1.70 bits per heavy atom. The molecule has 3 aromatic rings. The summed E-state index contributed by atoms with van der Waals surface area (Å²) in [4.78, 5) is 29.1. The monoisotopic (exact) mass is 531 g/mol. The Bertz CT molecular complexity index is 1190. The van der Waals surface area contributed by atoms with Crippen molar-refractivity contribution in [1.29, 1.82) is 0 Å². The number of rotatable bonds is 13. The second-order valence-corrected chi connectivity index (χ2v) is 11.5. The molecule has 1 aromatic carbocycles. The number of nitrogens with zero attached hydrogens (tertiary/aromatic N) is 3. The minimum absolute atomic E-state index is 0.00464. The van der Waals surface area contributed by atoms with Crippen LogP contribution in [-0.2, 0) is 27.8 Å². The number of hydrogen-bond donors (Lipinski definition) is 4. The van der Waals surface area contributed by atoms with E-state index in [0.29, 0.717) is 32.5 Å². The quantitative estimate of drug-likeness (QED) is 0.247. The van der Waals surface area contributed by atoms with Gasteiger partial charge in [-0.15, -0.1) is 0 Å². The van der Waals surface area contributed by atoms with Crippen LogP contribution in [0.4, 0.5) is 4.79 Å². The first kappa shape index (κ1) is 28.4. The molecule has 0 radical (unpaired) electrons. The molecule has 0 aliphatic carbocycles. The van der Waals surface area contributed by atoms with Crippen molar-refractivity contribution in [3.8, 4) is 0 Å². The molecule has 37 heavy (non-hydrogen) atoms. The third kappa shape index (κ3) is 9.30. The molecule has 1 amide bonds. The Morgan fingerprint density at radius 1 is 1.03 bits per heavy atom. The molecule has 0 aliphatic rings. The van der Waals surface area contributed by atoms with Crippen LogP contribution in [0, 0.1) is 0 Å². The van der Waals surface area contributed by atoms with Crippen LogP contribution in [0.2, 0.25) is 0 Å². The van der Waals surface area contributed by atoms with Crippen LogP contribution >= 0.6 is 0 Å². The Morgan fingerprint density at radius 3 is 2.32 bits per heavy atom. The topological polar surface area (TPSA) is 145 Å². The number of alkyl carbamates (subject to hydrolysis) is 1. The van der Waals surface area contributed by atoms with Crippen LogP contribution in [0.5, 0.6) is 0 Å². The van der Waals surface area contributed by atoms with Crippen LogP contribution in [0.1, 0.15) is 63.8 Å². The third-order valence-corrected chi connectivity index (χ3v) is 7.03. The Hall–Kier alpha value is -3.22. The fourth-order valence-corrected chi connectivity index (χ4v) is 4.71. The molecular formula is C25H37N7O4S. The molecule has 2 aromatic heterocycles. The van der Waals surface area contributed by atoms with Gasteiger partial charge in [0.15, 0.2) is 0 Å². The lowest BCUT2D eigenvalue weighted by atomic mass is 10.1. The second kappa shape index (κ2) is 12.8. The number of aromatic amines is 2. The van der Waals surface area contributed by atoms with Crippen molar-refractivity contribution in [3.05, 3.63) is 66.3 Å². The average Bonchev–Trinajstić information content (AvgIpc) is 3.54. The summed E-state index contributed by atoms with van der Waals surface area (Å²) in [5.41, 5.74) is 0.419. The zero-order chi connectivity index (χ0) is 26.9. The molecule has 12 heteroatoms. The number of hydrogen-bond acceptors (Lipinski definition) is 7. The molecule has 0 saturated carbocycles. The zero-order valence-corrected chi connectivity index (χ0v) is 22.6. The summed E-state index contributed by atoms with van der Waals surface area (Å²) in [5.74, 6) is 1.68. The van der Waals surface area contributed by atoms with Gasteiger partial charge in [-0.2, -0.15) is 0 Å². The van der Waals surface area contributed by atoms with Crippen molar-refractivity contribution in [2.45, 2.75) is 70.2 Å². The van der Waals surface area contributed by atoms with Crippen molar-refractivity contribution in [1.82, 2.24) is 34.9 Å². The summed E-state index contributed by atoms with van der Waals surface area (Å²) in [5, 5.41) is 2.67. The molecule has 1 atom stereocenters. The lowest BCUT2D eigenvalue weighted by molar-refractivity contribution is 0.0527. The highest BCUT2D eigenvalue weighted by Gasteiger charge is 2.20. The van der Waals surface area contributed by atoms with E-state index in [1.165, 1.54) is 0 Å². The van der Waals surface area contributed by atoms with Crippen LogP contribution in [0.3, 0.4) is 0 Å². The van der Waals surface area contributed by atoms with E-state index >= 15 is 0 Å². The highest BCUT2D eigenvalue weighted by atomic mass is 32.2. The summed E-state index contributed by atoms with van der Waals surface area (Å²) in [7, 11) is -3.63. The maximum absolute atomic E-state index is 12.7. The Balaban J connectivity index is 1.51. The number of carbonyl (C=O) groups excluding carboxylic acids is 1. The number of sulfonamides is 1. The number of aromatic nitrogens is 4. The molecule has 11 nitrogen and oxygen atoms in total. The summed E-state index contributed by atoms with van der Waals surface area (Å²) >= 11 is 0. The molecule has 1 unspecified atom stereocenters. The van der Waals surface area contributed by atoms with E-state index in [4.69, 9.17) is 4.74 Å². The predicted octanol–water partition coefficient (Wildman–Crippen LogP) is 3.48. The van der Waals surface area contributed by atoms with Crippen molar-refractivity contribution < 1.29 is 17.9 Å². The fraction of sp³-hybridized carbons (Fsp3) is 0.480. The molecule has 2 heterocycles. The maximum Gasteiger partial charge on any atom is 0.407 e. The maximum atomic E-state index is 12.7. The lowest BCUT2D eigenvalue weighted by Crippen LogP contribution is -2.33. The number of unbranched alkanes of at least 4 members (excludes halogenated alkanes) is 1. The highest BCUT2D eigenvalue weighted by molar-refractivity contribution is 7.89. The molecule has 202 valence electrons. The van der Waals surface area contributed by atoms with Gasteiger partial charge in [-0.1, -0.05) is 12.1 Å². The van der Waals surface area contributed by atoms with Gasteiger partial charge in [0.2, 0.25) is 10.0 Å². The zero-order valence-electron chi connectivity index (χ0n) is 21.8. The van der Waals surface area contributed by atoms with Gasteiger partial charge < -0.3 is 20.0 Å². The summed E-state index contributed by atoms with van der Waals surface area (Å²) in [6, 6.07) is 6.87. The van der Waals surface area contributed by atoms with Crippen molar-refractivity contribution in [2.24, 2.45) is 0 Å². The molecule has 3 rings (SSSR count). The van der Waals surface area contributed by atoms with Gasteiger partial charge in [-0.05, 0) is 58.2 Å². The van der Waals surface area contributed by atoms with Gasteiger partial charge in [-0.3, -0.25) is 4.90 Å². The summed E-state index contributed by atoms with van der Waals surface area (Å²) < 4.78 is 33.2. The number of amides is 1. The number of carbonyl (C=O) groups is 1. The van der Waals surface area contributed by atoms with E-state index in [2.05, 4.69) is 41.8 Å². The summed E-state index contributed by atoms with van der Waals surface area (Å²) in [6.45, 7) is 9.31. The minimum Gasteiger partial charge on any atom is -0.444 e. The number of ether oxygens (including phenoxy) is 1. The second-order valence-electron chi connectivity index (χ2n) is 9.77. The molecule has 0 spiro atoms. The lowest BCUT2D eigenvalue weighted by Gasteiger charge is -2.27. The fourth-order valence-electron chi connectivity index (χ4n) is 3.64. The van der Waals surface area contributed by atoms with Gasteiger partial charge in [-0.25, -0.2) is 27.9 Å². The first-order valence-corrected chi connectivity index (χ1v) is 13.8. The van der Waals surface area contributed by atoms with Gasteiger partial charge in [0.1, 0.15) is 17.2 Å². The predicted molar refractivity (Wildman–Crippen MR) is 140 cm³/mol. The smallest absolute Gasteiger partial charge is 0.407 e. The number of nitrogens with one attached hydrogen (secondary N) is 4.